The quantitative estimate of drug-likeness (QED) is 0.698. The zero-order chi connectivity index (χ0) is 11.3. The van der Waals surface area contributed by atoms with Crippen molar-refractivity contribution in [2.45, 2.75) is 0 Å². The van der Waals surface area contributed by atoms with Crippen LogP contribution in [-0.2, 0) is 9.59 Å². The molecule has 0 saturated carbocycles. The Labute approximate surface area is 85.7 Å². The summed E-state index contributed by atoms with van der Waals surface area (Å²) in [5.74, 6) is -2.20. The van der Waals surface area contributed by atoms with Crippen molar-refractivity contribution in [1.82, 2.24) is 0 Å². The van der Waals surface area contributed by atoms with E-state index in [4.69, 9.17) is 5.11 Å². The summed E-state index contributed by atoms with van der Waals surface area (Å²) in [5, 5.41) is 21.7. The molecular formula is C10H8NO4-. The van der Waals surface area contributed by atoms with Crippen LogP contribution in [0.4, 0.5) is 5.69 Å². The lowest BCUT2D eigenvalue weighted by Gasteiger charge is -2.12. The van der Waals surface area contributed by atoms with Crippen molar-refractivity contribution in [3.05, 3.63) is 36.4 Å². The molecule has 0 fully saturated rings. The van der Waals surface area contributed by atoms with Crippen molar-refractivity contribution >= 4 is 17.6 Å². The average Bonchev–Trinajstić information content (AvgIpc) is 2.18. The van der Waals surface area contributed by atoms with E-state index in [0.29, 0.717) is 6.08 Å². The first-order valence-electron chi connectivity index (χ1n) is 4.07. The maximum Gasteiger partial charge on any atom is 0.328 e. The molecule has 0 bridgehead atoms. The fourth-order valence-corrected chi connectivity index (χ4v) is 0.891. The Kier molecular flexibility index (Phi) is 3.45. The summed E-state index contributed by atoms with van der Waals surface area (Å²) in [6, 6.07) is 5.88. The third kappa shape index (κ3) is 3.51. The zero-order valence-corrected chi connectivity index (χ0v) is 7.64. The van der Waals surface area contributed by atoms with Gasteiger partial charge in [-0.15, -0.1) is 0 Å². The average molecular weight is 206 g/mol. The standard InChI is InChI=1S/C10H9NO4/c12-8-4-2-1-3-7(8)11-9(13)5-6-10(14)15/h1-6,12H,(H,11,13)(H,14,15)/p-1/b6-5-. The van der Waals surface area contributed by atoms with E-state index in [2.05, 4.69) is 5.32 Å². The largest absolute Gasteiger partial charge is 0.871 e. The van der Waals surface area contributed by atoms with E-state index in [0.717, 1.165) is 6.08 Å². The number of hydrogen-bond acceptors (Lipinski definition) is 3. The molecule has 0 aliphatic rings. The van der Waals surface area contributed by atoms with E-state index in [1.54, 1.807) is 12.1 Å². The van der Waals surface area contributed by atoms with Gasteiger partial charge in [0.1, 0.15) is 0 Å². The molecule has 1 aromatic rings. The summed E-state index contributed by atoms with van der Waals surface area (Å²) in [5.41, 5.74) is 0.123. The first-order chi connectivity index (χ1) is 7.09. The predicted octanol–water partition coefficient (Wildman–Crippen LogP) is 0.339. The first kappa shape index (κ1) is 10.8. The van der Waals surface area contributed by atoms with Crippen molar-refractivity contribution in [3.63, 3.8) is 0 Å². The number of aliphatic carboxylic acids is 1. The van der Waals surface area contributed by atoms with Gasteiger partial charge in [0.05, 0.1) is 0 Å². The lowest BCUT2D eigenvalue weighted by molar-refractivity contribution is -0.267. The second-order valence-electron chi connectivity index (χ2n) is 2.66. The molecule has 0 aliphatic heterocycles. The van der Waals surface area contributed by atoms with E-state index < -0.39 is 11.9 Å². The number of amides is 1. The molecule has 1 amide bonds. The molecule has 0 unspecified atom stereocenters. The topological polar surface area (TPSA) is 89.5 Å². The van der Waals surface area contributed by atoms with Crippen LogP contribution in [0.3, 0.4) is 0 Å². The summed E-state index contributed by atoms with van der Waals surface area (Å²) in [6.07, 6.45) is 1.54. The summed E-state index contributed by atoms with van der Waals surface area (Å²) in [4.78, 5) is 21.2. The van der Waals surface area contributed by atoms with Crippen LogP contribution in [0.25, 0.3) is 0 Å². The normalized spacial score (nSPS) is 10.1. The van der Waals surface area contributed by atoms with Crippen LogP contribution < -0.4 is 10.4 Å². The van der Waals surface area contributed by atoms with Crippen LogP contribution >= 0.6 is 0 Å². The molecule has 0 radical (unpaired) electrons. The van der Waals surface area contributed by atoms with Crippen LogP contribution in [0.2, 0.25) is 0 Å². The Hall–Kier alpha value is -2.30. The van der Waals surface area contributed by atoms with E-state index in [-0.39, 0.29) is 11.4 Å². The van der Waals surface area contributed by atoms with Gasteiger partial charge < -0.3 is 15.5 Å². The minimum atomic E-state index is -1.22. The van der Waals surface area contributed by atoms with E-state index in [1.807, 2.05) is 0 Å². The van der Waals surface area contributed by atoms with Gasteiger partial charge >= 0.3 is 5.97 Å². The van der Waals surface area contributed by atoms with Crippen LogP contribution in [-0.4, -0.2) is 17.0 Å². The van der Waals surface area contributed by atoms with Crippen LogP contribution in [0.5, 0.6) is 5.75 Å². The Balaban J connectivity index is 2.67. The number of benzene rings is 1. The minimum Gasteiger partial charge on any atom is -0.871 e. The van der Waals surface area contributed by atoms with Crippen LogP contribution in [0.15, 0.2) is 36.4 Å². The monoisotopic (exact) mass is 206 g/mol. The van der Waals surface area contributed by atoms with E-state index >= 15 is 0 Å². The van der Waals surface area contributed by atoms with Crippen molar-refractivity contribution in [2.24, 2.45) is 0 Å². The number of nitrogens with one attached hydrogen (secondary N) is 1. The van der Waals surface area contributed by atoms with Gasteiger partial charge in [-0.3, -0.25) is 4.79 Å². The number of carbonyl (C=O) groups excluding carboxylic acids is 1. The molecule has 0 atom stereocenters. The van der Waals surface area contributed by atoms with Crippen molar-refractivity contribution in [3.8, 4) is 5.75 Å². The number of anilines is 1. The maximum absolute atomic E-state index is 11.1. The third-order valence-electron chi connectivity index (χ3n) is 1.52. The lowest BCUT2D eigenvalue weighted by Crippen LogP contribution is -2.10. The minimum absolute atomic E-state index is 0.123. The van der Waals surface area contributed by atoms with Crippen molar-refractivity contribution in [1.29, 1.82) is 0 Å². The summed E-state index contributed by atoms with van der Waals surface area (Å²) >= 11 is 0. The number of rotatable bonds is 3. The Bertz CT molecular complexity index is 412. The van der Waals surface area contributed by atoms with Gasteiger partial charge in [0, 0.05) is 17.8 Å². The molecule has 1 rings (SSSR count). The summed E-state index contributed by atoms with van der Waals surface area (Å²) in [6.45, 7) is 0. The Morgan fingerprint density at radius 1 is 1.27 bits per heavy atom. The molecule has 0 spiro atoms. The van der Waals surface area contributed by atoms with Gasteiger partial charge in [-0.2, -0.15) is 0 Å². The fourth-order valence-electron chi connectivity index (χ4n) is 0.891. The molecule has 5 nitrogen and oxygen atoms in total. The molecule has 0 aromatic heterocycles. The maximum atomic E-state index is 11.1. The number of carboxylic acid groups (broad SMARTS) is 1. The number of hydrogen-bond donors (Lipinski definition) is 2. The van der Waals surface area contributed by atoms with Crippen LogP contribution in [0, 0.1) is 0 Å². The van der Waals surface area contributed by atoms with Gasteiger partial charge in [0.2, 0.25) is 5.91 Å². The van der Waals surface area contributed by atoms with Gasteiger partial charge in [0.25, 0.3) is 0 Å². The number of carbonyl (C=O) groups is 2. The number of carboxylic acids is 1. The molecule has 15 heavy (non-hydrogen) atoms. The summed E-state index contributed by atoms with van der Waals surface area (Å²) in [7, 11) is 0. The molecule has 0 aliphatic carbocycles. The Morgan fingerprint density at radius 3 is 2.53 bits per heavy atom. The highest BCUT2D eigenvalue weighted by Gasteiger charge is 1.98. The second-order valence-corrected chi connectivity index (χ2v) is 2.66. The molecular weight excluding hydrogens is 198 g/mol. The second kappa shape index (κ2) is 4.80. The summed E-state index contributed by atoms with van der Waals surface area (Å²) < 4.78 is 0. The molecule has 0 saturated heterocycles. The van der Waals surface area contributed by atoms with Crippen molar-refractivity contribution in [2.75, 3.05) is 5.32 Å². The molecule has 1 aromatic carbocycles. The molecule has 2 N–H and O–H groups in total. The Morgan fingerprint density at radius 2 is 1.93 bits per heavy atom. The SMILES string of the molecule is O=C(O)/C=C\C(=O)Nc1ccccc1[O-]. The number of para-hydroxylation sites is 2. The van der Waals surface area contributed by atoms with Crippen LogP contribution in [0.1, 0.15) is 0 Å². The van der Waals surface area contributed by atoms with Crippen molar-refractivity contribution < 1.29 is 19.8 Å². The third-order valence-corrected chi connectivity index (χ3v) is 1.52. The zero-order valence-electron chi connectivity index (χ0n) is 7.64. The van der Waals surface area contributed by atoms with Gasteiger partial charge in [-0.05, 0) is 6.07 Å². The predicted molar refractivity (Wildman–Crippen MR) is 51.3 cm³/mol. The van der Waals surface area contributed by atoms with Gasteiger partial charge in [-0.25, -0.2) is 4.79 Å². The molecule has 0 heterocycles. The smallest absolute Gasteiger partial charge is 0.328 e. The highest BCUT2D eigenvalue weighted by atomic mass is 16.4. The molecule has 5 heteroatoms. The molecule has 78 valence electrons. The van der Waals surface area contributed by atoms with E-state index in [9.17, 15) is 14.7 Å². The lowest BCUT2D eigenvalue weighted by atomic mass is 10.3. The highest BCUT2D eigenvalue weighted by Crippen LogP contribution is 2.17. The highest BCUT2D eigenvalue weighted by molar-refractivity contribution is 6.02. The first-order valence-corrected chi connectivity index (χ1v) is 4.07. The van der Waals surface area contributed by atoms with Gasteiger partial charge in [0.15, 0.2) is 0 Å². The van der Waals surface area contributed by atoms with E-state index in [1.165, 1.54) is 12.1 Å². The fraction of sp³-hybridized carbons (Fsp3) is 0. The van der Waals surface area contributed by atoms with Gasteiger partial charge in [-0.1, -0.05) is 23.9 Å².